The maximum absolute atomic E-state index is 12.4. The van der Waals surface area contributed by atoms with Crippen LogP contribution in [0.5, 0.6) is 0 Å². The zero-order valence-electron chi connectivity index (χ0n) is 17.1. The van der Waals surface area contributed by atoms with Gasteiger partial charge in [-0.2, -0.15) is 0 Å². The molecule has 9 nitrogen and oxygen atoms in total. The molecule has 0 saturated heterocycles. The minimum Gasteiger partial charge on any atom is -0.266 e. The van der Waals surface area contributed by atoms with Gasteiger partial charge in [0, 0.05) is 0 Å². The molecule has 0 aliphatic rings. The van der Waals surface area contributed by atoms with Crippen LogP contribution in [-0.4, -0.2) is 33.6 Å². The smallest absolute Gasteiger partial charge is 0.266 e. The number of carbonyl (C=O) groups is 2. The fraction of sp³-hybridized carbons (Fsp3) is 0.0952. The molecule has 166 valence electrons. The Morgan fingerprint density at radius 2 is 0.969 bits per heavy atom. The Morgan fingerprint density at radius 3 is 1.31 bits per heavy atom. The van der Waals surface area contributed by atoms with Crippen LogP contribution < -0.4 is 9.44 Å². The molecule has 0 radical (unpaired) electrons. The molecule has 0 aliphatic carbocycles. The number of amides is 2. The van der Waals surface area contributed by atoms with Gasteiger partial charge in [-0.1, -0.05) is 41.5 Å². The fourth-order valence-corrected chi connectivity index (χ4v) is 4.51. The fourth-order valence-electron chi connectivity index (χ4n) is 2.59. The lowest BCUT2D eigenvalue weighted by Gasteiger charge is -2.09. The molecule has 0 atom stereocenters. The van der Waals surface area contributed by atoms with E-state index >= 15 is 0 Å². The van der Waals surface area contributed by atoms with E-state index in [9.17, 15) is 26.4 Å². The summed E-state index contributed by atoms with van der Waals surface area (Å²) in [5, 5.41) is 0. The van der Waals surface area contributed by atoms with Crippen molar-refractivity contribution in [3.63, 3.8) is 0 Å². The van der Waals surface area contributed by atoms with Gasteiger partial charge in [-0.15, -0.1) is 0 Å². The summed E-state index contributed by atoms with van der Waals surface area (Å²) >= 11 is 0. The van der Waals surface area contributed by atoms with E-state index in [0.29, 0.717) is 0 Å². The number of rotatable bonds is 6. The van der Waals surface area contributed by atoms with E-state index in [4.69, 9.17) is 0 Å². The van der Waals surface area contributed by atoms with Crippen LogP contribution in [0.1, 0.15) is 32.1 Å². The van der Waals surface area contributed by atoms with Crippen molar-refractivity contribution in [2.45, 2.75) is 23.6 Å². The van der Waals surface area contributed by atoms with Gasteiger partial charge in [0.15, 0.2) is 0 Å². The highest BCUT2D eigenvalue weighted by Crippen LogP contribution is 2.12. The topological polar surface area (TPSA) is 139 Å². The molecule has 0 spiro atoms. The van der Waals surface area contributed by atoms with Crippen LogP contribution in [0.4, 0.5) is 0 Å². The van der Waals surface area contributed by atoms with Crippen LogP contribution in [0.3, 0.4) is 0 Å². The van der Waals surface area contributed by atoms with Gasteiger partial charge in [0.2, 0.25) is 0 Å². The van der Waals surface area contributed by atoms with E-state index in [0.717, 1.165) is 11.1 Å². The van der Waals surface area contributed by atoms with Crippen molar-refractivity contribution in [1.29, 1.82) is 0 Å². The number of aromatic nitrogens is 1. The van der Waals surface area contributed by atoms with E-state index in [1.165, 1.54) is 42.5 Å². The molecule has 0 aliphatic heterocycles. The lowest BCUT2D eigenvalue weighted by atomic mass is 10.2. The highest BCUT2D eigenvalue weighted by atomic mass is 32.2. The molecule has 3 aromatic rings. The molecule has 0 fully saturated rings. The number of hydrogen-bond donors (Lipinski definition) is 2. The number of sulfonamides is 2. The van der Waals surface area contributed by atoms with E-state index in [1.54, 1.807) is 38.1 Å². The molecule has 2 aromatic carbocycles. The lowest BCUT2D eigenvalue weighted by Crippen LogP contribution is -2.33. The van der Waals surface area contributed by atoms with E-state index in [-0.39, 0.29) is 21.2 Å². The predicted octanol–water partition coefficient (Wildman–Crippen LogP) is 1.94. The number of hydrogen-bond acceptors (Lipinski definition) is 7. The van der Waals surface area contributed by atoms with Crippen molar-refractivity contribution in [3.05, 3.63) is 89.2 Å². The average Bonchev–Trinajstić information content (AvgIpc) is 2.74. The van der Waals surface area contributed by atoms with E-state index in [1.807, 2.05) is 9.44 Å². The molecule has 11 heteroatoms. The molecule has 2 N–H and O–H groups in total. The predicted molar refractivity (Wildman–Crippen MR) is 116 cm³/mol. The Balaban J connectivity index is 1.78. The standard InChI is InChI=1S/C21H19N3O6S2/c1-14-6-10-16(11-7-14)31(27,28)23-20(25)18-4-3-5-19(22-18)21(26)24-32(29,30)17-12-8-15(2)9-13-17/h3-13H,1-2H3,(H,23,25)(H,24,26). The maximum atomic E-state index is 12.4. The van der Waals surface area contributed by atoms with Crippen LogP contribution >= 0.6 is 0 Å². The van der Waals surface area contributed by atoms with Gasteiger partial charge in [0.05, 0.1) is 9.79 Å². The SMILES string of the molecule is Cc1ccc(S(=O)(=O)NC(=O)c2cccc(C(=O)NS(=O)(=O)c3ccc(C)cc3)n2)cc1. The quantitative estimate of drug-likeness (QED) is 0.558. The number of nitrogens with one attached hydrogen (secondary N) is 2. The second kappa shape index (κ2) is 8.89. The van der Waals surface area contributed by atoms with Gasteiger partial charge in [-0.05, 0) is 50.2 Å². The molecular formula is C21H19N3O6S2. The first kappa shape index (κ1) is 23.1. The molecule has 0 saturated carbocycles. The molecule has 2 amide bonds. The van der Waals surface area contributed by atoms with Crippen molar-refractivity contribution in [1.82, 2.24) is 14.4 Å². The number of pyridine rings is 1. The summed E-state index contributed by atoms with van der Waals surface area (Å²) in [7, 11) is -8.32. The van der Waals surface area contributed by atoms with Gasteiger partial charge in [0.25, 0.3) is 31.9 Å². The zero-order chi connectivity index (χ0) is 23.5. The second-order valence-electron chi connectivity index (χ2n) is 6.90. The van der Waals surface area contributed by atoms with Gasteiger partial charge < -0.3 is 0 Å². The summed E-state index contributed by atoms with van der Waals surface area (Å²) in [4.78, 5) is 28.4. The second-order valence-corrected chi connectivity index (χ2v) is 10.3. The van der Waals surface area contributed by atoms with Gasteiger partial charge >= 0.3 is 0 Å². The molecular weight excluding hydrogens is 454 g/mol. The van der Waals surface area contributed by atoms with Crippen LogP contribution in [-0.2, 0) is 20.0 Å². The summed E-state index contributed by atoms with van der Waals surface area (Å²) in [6.45, 7) is 3.57. The molecule has 1 aromatic heterocycles. The highest BCUT2D eigenvalue weighted by Gasteiger charge is 2.22. The summed E-state index contributed by atoms with van der Waals surface area (Å²) < 4.78 is 53.3. The lowest BCUT2D eigenvalue weighted by molar-refractivity contribution is 0.0973. The van der Waals surface area contributed by atoms with Crippen molar-refractivity contribution < 1.29 is 26.4 Å². The summed E-state index contributed by atoms with van der Waals surface area (Å²) in [5.41, 5.74) is 0.939. The number of benzene rings is 2. The molecule has 3 rings (SSSR count). The van der Waals surface area contributed by atoms with Crippen molar-refractivity contribution in [2.75, 3.05) is 0 Å². The van der Waals surface area contributed by atoms with Crippen LogP contribution in [0.25, 0.3) is 0 Å². The highest BCUT2D eigenvalue weighted by molar-refractivity contribution is 7.90. The minimum absolute atomic E-state index is 0.116. The minimum atomic E-state index is -4.16. The van der Waals surface area contributed by atoms with Crippen molar-refractivity contribution >= 4 is 31.9 Å². The van der Waals surface area contributed by atoms with Crippen molar-refractivity contribution in [3.8, 4) is 0 Å². The number of carbonyl (C=O) groups excluding carboxylic acids is 2. The number of nitrogens with zero attached hydrogens (tertiary/aromatic N) is 1. The first-order valence-corrected chi connectivity index (χ1v) is 12.2. The van der Waals surface area contributed by atoms with E-state index in [2.05, 4.69) is 4.98 Å². The van der Waals surface area contributed by atoms with Crippen molar-refractivity contribution in [2.24, 2.45) is 0 Å². The summed E-state index contributed by atoms with van der Waals surface area (Å²) in [6.07, 6.45) is 0. The summed E-state index contributed by atoms with van der Waals surface area (Å²) in [5.74, 6) is -2.14. The Labute approximate surface area is 185 Å². The largest absolute Gasteiger partial charge is 0.283 e. The van der Waals surface area contributed by atoms with Crippen LogP contribution in [0.2, 0.25) is 0 Å². The molecule has 0 bridgehead atoms. The Morgan fingerprint density at radius 1 is 0.625 bits per heavy atom. The normalized spacial score (nSPS) is 11.6. The Kier molecular flexibility index (Phi) is 6.42. The summed E-state index contributed by atoms with van der Waals surface area (Å²) in [6, 6.07) is 15.4. The third-order valence-electron chi connectivity index (χ3n) is 4.33. The van der Waals surface area contributed by atoms with Crippen LogP contribution in [0, 0.1) is 13.8 Å². The molecule has 32 heavy (non-hydrogen) atoms. The zero-order valence-corrected chi connectivity index (χ0v) is 18.7. The number of aryl methyl sites for hydroxylation is 2. The Hall–Kier alpha value is -3.57. The molecule has 1 heterocycles. The van der Waals surface area contributed by atoms with Gasteiger partial charge in [-0.25, -0.2) is 31.3 Å². The Bertz CT molecular complexity index is 1280. The monoisotopic (exact) mass is 473 g/mol. The average molecular weight is 474 g/mol. The van der Waals surface area contributed by atoms with Gasteiger partial charge in [-0.3, -0.25) is 9.59 Å². The third-order valence-corrected chi connectivity index (χ3v) is 7.02. The third kappa shape index (κ3) is 5.37. The van der Waals surface area contributed by atoms with E-state index < -0.39 is 31.9 Å². The first-order chi connectivity index (χ1) is 15.0. The van der Waals surface area contributed by atoms with Gasteiger partial charge in [0.1, 0.15) is 11.4 Å². The molecule has 0 unspecified atom stereocenters. The maximum Gasteiger partial charge on any atom is 0.283 e. The van der Waals surface area contributed by atoms with Crippen LogP contribution in [0.15, 0.2) is 76.5 Å². The first-order valence-electron chi connectivity index (χ1n) is 9.23.